The second-order valence-corrected chi connectivity index (χ2v) is 8.06. The van der Waals surface area contributed by atoms with Gasteiger partial charge >= 0.3 is 0 Å². The summed E-state index contributed by atoms with van der Waals surface area (Å²) in [5.41, 5.74) is 2.44. The number of likely N-dealkylation sites (N-methyl/N-ethyl adjacent to an activating group) is 1. The Hall–Kier alpha value is -2.47. The second-order valence-electron chi connectivity index (χ2n) is 7.22. The Morgan fingerprint density at radius 2 is 1.83 bits per heavy atom. The molecule has 1 N–H and O–H groups in total. The lowest BCUT2D eigenvalue weighted by Crippen LogP contribution is -2.46. The van der Waals surface area contributed by atoms with Crippen LogP contribution >= 0.6 is 23.2 Å². The first kappa shape index (κ1) is 20.8. The maximum absolute atomic E-state index is 12.6. The molecule has 0 unspecified atom stereocenters. The number of amides is 1. The van der Waals surface area contributed by atoms with Gasteiger partial charge in [-0.1, -0.05) is 42.3 Å². The van der Waals surface area contributed by atoms with Crippen molar-refractivity contribution < 1.29 is 9.21 Å². The molecule has 0 bridgehead atoms. The molecule has 0 saturated carbocycles. The van der Waals surface area contributed by atoms with Gasteiger partial charge in [-0.05, 0) is 49.0 Å². The van der Waals surface area contributed by atoms with Crippen LogP contribution in [0.1, 0.15) is 17.5 Å². The Morgan fingerprint density at radius 3 is 2.53 bits per heavy atom. The van der Waals surface area contributed by atoms with Crippen molar-refractivity contribution in [1.82, 2.24) is 4.90 Å². The highest BCUT2D eigenvalue weighted by molar-refractivity contribution is 6.33. The highest BCUT2D eigenvalue weighted by atomic mass is 35.5. The van der Waals surface area contributed by atoms with Crippen molar-refractivity contribution in [3.63, 3.8) is 0 Å². The summed E-state index contributed by atoms with van der Waals surface area (Å²) in [5.74, 6) is 0.478. The summed E-state index contributed by atoms with van der Waals surface area (Å²) in [4.78, 5) is 17.3. The van der Waals surface area contributed by atoms with Crippen LogP contribution < -0.4 is 10.2 Å². The van der Waals surface area contributed by atoms with E-state index in [0.29, 0.717) is 21.5 Å². The number of halogens is 2. The van der Waals surface area contributed by atoms with Gasteiger partial charge in [-0.15, -0.1) is 0 Å². The quantitative estimate of drug-likeness (QED) is 0.553. The Morgan fingerprint density at radius 1 is 1.03 bits per heavy atom. The number of benzene rings is 2. The fourth-order valence-electron chi connectivity index (χ4n) is 3.60. The average Bonchev–Trinajstić information content (AvgIpc) is 3.25. The van der Waals surface area contributed by atoms with Crippen molar-refractivity contribution in [2.45, 2.75) is 6.92 Å². The predicted molar refractivity (Wildman–Crippen MR) is 123 cm³/mol. The van der Waals surface area contributed by atoms with Gasteiger partial charge in [0.2, 0.25) is 0 Å². The zero-order valence-corrected chi connectivity index (χ0v) is 18.2. The summed E-state index contributed by atoms with van der Waals surface area (Å²) in [6, 6.07) is 16.3. The lowest BCUT2D eigenvalue weighted by Gasteiger charge is -2.36. The molecule has 30 heavy (non-hydrogen) atoms. The number of hydrogen-bond acceptors (Lipinski definition) is 4. The van der Waals surface area contributed by atoms with E-state index in [2.05, 4.69) is 22.0 Å². The third kappa shape index (κ3) is 4.64. The van der Waals surface area contributed by atoms with Crippen LogP contribution in [0.5, 0.6) is 0 Å². The molecule has 1 aromatic heterocycles. The van der Waals surface area contributed by atoms with Crippen molar-refractivity contribution in [2.24, 2.45) is 0 Å². The smallest absolute Gasteiger partial charge is 0.291 e. The van der Waals surface area contributed by atoms with E-state index in [9.17, 15) is 4.79 Å². The minimum atomic E-state index is -0.330. The molecule has 0 aliphatic carbocycles. The molecule has 3 aromatic rings. The van der Waals surface area contributed by atoms with Crippen LogP contribution in [-0.2, 0) is 0 Å². The SMILES string of the molecule is CCN1CCN(c2ccc(NC(=O)c3ccc(-c4cccc(Cl)c4)o3)cc2Cl)CC1. The van der Waals surface area contributed by atoms with Crippen molar-refractivity contribution >= 4 is 40.5 Å². The third-order valence-corrected chi connectivity index (χ3v) is 5.84. The molecule has 2 heterocycles. The van der Waals surface area contributed by atoms with E-state index in [1.807, 2.05) is 24.3 Å². The van der Waals surface area contributed by atoms with Crippen molar-refractivity contribution in [3.05, 3.63) is 70.4 Å². The van der Waals surface area contributed by atoms with Gasteiger partial charge in [0.15, 0.2) is 5.76 Å². The summed E-state index contributed by atoms with van der Waals surface area (Å²) in [6.07, 6.45) is 0. The first-order valence-corrected chi connectivity index (χ1v) is 10.7. The average molecular weight is 444 g/mol. The fourth-order valence-corrected chi connectivity index (χ4v) is 4.09. The summed E-state index contributed by atoms with van der Waals surface area (Å²) in [7, 11) is 0. The molecule has 7 heteroatoms. The molecule has 1 fully saturated rings. The van der Waals surface area contributed by atoms with Crippen LogP contribution in [0, 0.1) is 0 Å². The molecule has 0 atom stereocenters. The number of hydrogen-bond donors (Lipinski definition) is 1. The minimum absolute atomic E-state index is 0.223. The number of carbonyl (C=O) groups is 1. The molecule has 2 aromatic carbocycles. The van der Waals surface area contributed by atoms with Gasteiger partial charge in [0, 0.05) is 42.5 Å². The standard InChI is InChI=1S/C23H23Cl2N3O2/c1-2-27-10-12-28(13-11-27)20-7-6-18(15-19(20)25)26-23(29)22-9-8-21(30-22)16-4-3-5-17(24)14-16/h3-9,14-15H,2,10-13H2,1H3,(H,26,29). The molecule has 5 nitrogen and oxygen atoms in total. The maximum Gasteiger partial charge on any atom is 0.291 e. The number of rotatable bonds is 5. The topological polar surface area (TPSA) is 48.7 Å². The fraction of sp³-hybridized carbons (Fsp3) is 0.261. The number of nitrogens with one attached hydrogen (secondary N) is 1. The molecule has 1 aliphatic heterocycles. The van der Waals surface area contributed by atoms with Gasteiger partial charge in [-0.2, -0.15) is 0 Å². The van der Waals surface area contributed by atoms with Gasteiger partial charge in [0.25, 0.3) is 5.91 Å². The molecule has 1 saturated heterocycles. The van der Waals surface area contributed by atoms with Crippen LogP contribution in [0.3, 0.4) is 0 Å². The number of anilines is 2. The Bertz CT molecular complexity index is 1040. The lowest BCUT2D eigenvalue weighted by atomic mass is 10.2. The molecule has 0 spiro atoms. The van der Waals surface area contributed by atoms with Gasteiger partial charge in [0.05, 0.1) is 10.7 Å². The number of furan rings is 1. The van der Waals surface area contributed by atoms with Crippen LogP contribution in [0.25, 0.3) is 11.3 Å². The highest BCUT2D eigenvalue weighted by Crippen LogP contribution is 2.30. The van der Waals surface area contributed by atoms with E-state index in [0.717, 1.165) is 44.0 Å². The summed E-state index contributed by atoms with van der Waals surface area (Å²) >= 11 is 12.5. The first-order valence-electron chi connectivity index (χ1n) is 9.97. The zero-order chi connectivity index (χ0) is 21.1. The van der Waals surface area contributed by atoms with Crippen LogP contribution in [0.4, 0.5) is 11.4 Å². The van der Waals surface area contributed by atoms with E-state index < -0.39 is 0 Å². The zero-order valence-electron chi connectivity index (χ0n) is 16.7. The predicted octanol–water partition coefficient (Wildman–Crippen LogP) is 5.65. The number of carbonyl (C=O) groups excluding carboxylic acids is 1. The Balaban J connectivity index is 1.43. The number of piperazine rings is 1. The van der Waals surface area contributed by atoms with E-state index in [-0.39, 0.29) is 11.7 Å². The van der Waals surface area contributed by atoms with Gasteiger partial charge in [-0.3, -0.25) is 4.79 Å². The van der Waals surface area contributed by atoms with E-state index in [4.69, 9.17) is 27.6 Å². The molecular formula is C23H23Cl2N3O2. The Labute approximate surface area is 186 Å². The van der Waals surface area contributed by atoms with Gasteiger partial charge in [-0.25, -0.2) is 0 Å². The van der Waals surface area contributed by atoms with Crippen LogP contribution in [0.15, 0.2) is 59.0 Å². The van der Waals surface area contributed by atoms with Crippen LogP contribution in [-0.4, -0.2) is 43.5 Å². The minimum Gasteiger partial charge on any atom is -0.451 e. The summed E-state index contributed by atoms with van der Waals surface area (Å²) in [6.45, 7) is 7.18. The molecule has 1 aliphatic rings. The monoisotopic (exact) mass is 443 g/mol. The summed E-state index contributed by atoms with van der Waals surface area (Å²) < 4.78 is 5.71. The van der Waals surface area contributed by atoms with E-state index in [1.54, 1.807) is 30.3 Å². The molecular weight excluding hydrogens is 421 g/mol. The van der Waals surface area contributed by atoms with Crippen molar-refractivity contribution in [2.75, 3.05) is 42.9 Å². The molecule has 4 rings (SSSR count). The lowest BCUT2D eigenvalue weighted by molar-refractivity contribution is 0.0997. The first-order chi connectivity index (χ1) is 14.5. The van der Waals surface area contributed by atoms with Crippen molar-refractivity contribution in [3.8, 4) is 11.3 Å². The Kier molecular flexibility index (Phi) is 6.32. The van der Waals surface area contributed by atoms with Gasteiger partial charge in [0.1, 0.15) is 5.76 Å². The van der Waals surface area contributed by atoms with Gasteiger partial charge < -0.3 is 19.5 Å². The highest BCUT2D eigenvalue weighted by Gasteiger charge is 2.19. The maximum atomic E-state index is 12.6. The normalized spacial score (nSPS) is 14.7. The molecule has 0 radical (unpaired) electrons. The molecule has 156 valence electrons. The largest absolute Gasteiger partial charge is 0.451 e. The van der Waals surface area contributed by atoms with E-state index in [1.165, 1.54) is 0 Å². The third-order valence-electron chi connectivity index (χ3n) is 5.30. The van der Waals surface area contributed by atoms with E-state index >= 15 is 0 Å². The van der Waals surface area contributed by atoms with Crippen molar-refractivity contribution in [1.29, 1.82) is 0 Å². The molecule has 1 amide bonds. The second kappa shape index (κ2) is 9.13. The summed E-state index contributed by atoms with van der Waals surface area (Å²) in [5, 5.41) is 4.09. The van der Waals surface area contributed by atoms with Crippen LogP contribution in [0.2, 0.25) is 10.0 Å². The number of nitrogens with zero attached hydrogens (tertiary/aromatic N) is 2.